The molecule has 1 N–H and O–H groups in total. The molecule has 2 rings (SSSR count). The number of hydrogen-bond donors (Lipinski definition) is 1. The zero-order valence-electron chi connectivity index (χ0n) is 12.3. The third-order valence-electron chi connectivity index (χ3n) is 3.09. The lowest BCUT2D eigenvalue weighted by atomic mass is 10.0. The number of nitrogens with zero attached hydrogens (tertiary/aromatic N) is 3. The Bertz CT molecular complexity index is 540. The average molecular weight is 288 g/mol. The van der Waals surface area contributed by atoms with Crippen molar-refractivity contribution < 1.29 is 9.53 Å². The molecule has 2 aromatic rings. The van der Waals surface area contributed by atoms with Crippen LogP contribution in [0.1, 0.15) is 13.8 Å². The first-order valence-corrected chi connectivity index (χ1v) is 6.96. The summed E-state index contributed by atoms with van der Waals surface area (Å²) in [5.41, 5.74) is 0. The van der Waals surface area contributed by atoms with Gasteiger partial charge >= 0.3 is 0 Å². The lowest BCUT2D eigenvalue weighted by molar-refractivity contribution is -0.124. The van der Waals surface area contributed by atoms with Crippen LogP contribution in [0, 0.1) is 5.92 Å². The van der Waals surface area contributed by atoms with E-state index in [4.69, 9.17) is 4.74 Å². The Balaban J connectivity index is 1.83. The fourth-order valence-electron chi connectivity index (χ4n) is 1.85. The molecule has 0 aliphatic rings. The fourth-order valence-corrected chi connectivity index (χ4v) is 1.85. The summed E-state index contributed by atoms with van der Waals surface area (Å²) in [6.45, 7) is 4.64. The van der Waals surface area contributed by atoms with Crippen molar-refractivity contribution in [3.05, 3.63) is 42.7 Å². The summed E-state index contributed by atoms with van der Waals surface area (Å²) < 4.78 is 5.43. The van der Waals surface area contributed by atoms with Crippen LogP contribution in [0.2, 0.25) is 0 Å². The Morgan fingerprint density at radius 2 is 1.90 bits per heavy atom. The van der Waals surface area contributed by atoms with E-state index in [1.54, 1.807) is 17.2 Å². The number of aromatic nitrogens is 3. The SMILES string of the molecule is CC(C)C(Cn1nccn1)NC(=O)COc1ccccc1. The molecule has 6 nitrogen and oxygen atoms in total. The van der Waals surface area contributed by atoms with Crippen molar-refractivity contribution in [2.24, 2.45) is 5.92 Å². The van der Waals surface area contributed by atoms with Crippen molar-refractivity contribution in [2.75, 3.05) is 6.61 Å². The van der Waals surface area contributed by atoms with Gasteiger partial charge in [0, 0.05) is 0 Å². The molecule has 0 spiro atoms. The van der Waals surface area contributed by atoms with E-state index in [1.165, 1.54) is 0 Å². The second kappa shape index (κ2) is 7.42. The minimum atomic E-state index is -0.148. The van der Waals surface area contributed by atoms with Crippen molar-refractivity contribution >= 4 is 5.91 Å². The van der Waals surface area contributed by atoms with Crippen LogP contribution in [-0.4, -0.2) is 33.5 Å². The van der Waals surface area contributed by atoms with Crippen LogP contribution in [0.3, 0.4) is 0 Å². The highest BCUT2D eigenvalue weighted by atomic mass is 16.5. The molecular formula is C15H20N4O2. The molecule has 6 heteroatoms. The number of para-hydroxylation sites is 1. The number of hydrogen-bond acceptors (Lipinski definition) is 4. The normalized spacial score (nSPS) is 12.1. The number of carbonyl (C=O) groups excluding carboxylic acids is 1. The van der Waals surface area contributed by atoms with E-state index in [-0.39, 0.29) is 24.5 Å². The van der Waals surface area contributed by atoms with Crippen LogP contribution in [-0.2, 0) is 11.3 Å². The highest BCUT2D eigenvalue weighted by Gasteiger charge is 2.17. The van der Waals surface area contributed by atoms with Gasteiger partial charge in [-0.15, -0.1) is 0 Å². The van der Waals surface area contributed by atoms with Crippen LogP contribution < -0.4 is 10.1 Å². The molecule has 0 saturated heterocycles. The summed E-state index contributed by atoms with van der Waals surface area (Å²) in [7, 11) is 0. The third kappa shape index (κ3) is 4.91. The summed E-state index contributed by atoms with van der Waals surface area (Å²) in [5, 5.41) is 11.1. The Labute approximate surface area is 124 Å². The summed E-state index contributed by atoms with van der Waals surface area (Å²) in [6.07, 6.45) is 3.25. The van der Waals surface area contributed by atoms with Crippen LogP contribution in [0.4, 0.5) is 0 Å². The van der Waals surface area contributed by atoms with Crippen molar-refractivity contribution in [1.29, 1.82) is 0 Å². The first-order valence-electron chi connectivity index (χ1n) is 6.96. The predicted octanol–water partition coefficient (Wildman–Crippen LogP) is 1.50. The van der Waals surface area contributed by atoms with Gasteiger partial charge in [0.1, 0.15) is 5.75 Å². The topological polar surface area (TPSA) is 69.0 Å². The number of benzene rings is 1. The standard InChI is InChI=1S/C15H20N4O2/c1-12(2)14(10-19-16-8-9-17-19)18-15(20)11-21-13-6-4-3-5-7-13/h3-9,12,14H,10-11H2,1-2H3,(H,18,20). The van der Waals surface area contributed by atoms with Gasteiger partial charge in [-0.2, -0.15) is 15.0 Å². The van der Waals surface area contributed by atoms with Gasteiger partial charge in [-0.1, -0.05) is 32.0 Å². The van der Waals surface area contributed by atoms with Crippen molar-refractivity contribution in [3.8, 4) is 5.75 Å². The maximum absolute atomic E-state index is 12.0. The van der Waals surface area contributed by atoms with Gasteiger partial charge in [-0.05, 0) is 18.1 Å². The Morgan fingerprint density at radius 3 is 2.52 bits per heavy atom. The highest BCUT2D eigenvalue weighted by molar-refractivity contribution is 5.77. The minimum Gasteiger partial charge on any atom is -0.484 e. The molecule has 0 saturated carbocycles. The Morgan fingerprint density at radius 1 is 1.24 bits per heavy atom. The molecule has 0 bridgehead atoms. The van der Waals surface area contributed by atoms with Crippen LogP contribution in [0.5, 0.6) is 5.75 Å². The summed E-state index contributed by atoms with van der Waals surface area (Å²) in [5.74, 6) is 0.809. The zero-order valence-corrected chi connectivity index (χ0v) is 12.3. The maximum atomic E-state index is 12.0. The van der Waals surface area contributed by atoms with Gasteiger partial charge in [0.2, 0.25) is 0 Å². The van der Waals surface area contributed by atoms with Gasteiger partial charge in [0.05, 0.1) is 25.0 Å². The molecule has 1 aromatic carbocycles. The molecule has 0 fully saturated rings. The monoisotopic (exact) mass is 288 g/mol. The van der Waals surface area contributed by atoms with E-state index in [1.807, 2.05) is 44.2 Å². The van der Waals surface area contributed by atoms with Crippen LogP contribution in [0.15, 0.2) is 42.7 Å². The van der Waals surface area contributed by atoms with Crippen LogP contribution >= 0.6 is 0 Å². The van der Waals surface area contributed by atoms with Crippen LogP contribution in [0.25, 0.3) is 0 Å². The summed E-state index contributed by atoms with van der Waals surface area (Å²) in [6, 6.07) is 9.24. The first kappa shape index (κ1) is 15.0. The first-order chi connectivity index (χ1) is 10.1. The van der Waals surface area contributed by atoms with Crippen molar-refractivity contribution in [2.45, 2.75) is 26.4 Å². The van der Waals surface area contributed by atoms with E-state index >= 15 is 0 Å². The zero-order chi connectivity index (χ0) is 15.1. The Kier molecular flexibility index (Phi) is 5.31. The number of nitrogens with one attached hydrogen (secondary N) is 1. The average Bonchev–Trinajstić information content (AvgIpc) is 2.98. The molecule has 1 amide bonds. The molecule has 1 atom stereocenters. The second-order valence-corrected chi connectivity index (χ2v) is 5.10. The Hall–Kier alpha value is -2.37. The maximum Gasteiger partial charge on any atom is 0.258 e. The van der Waals surface area contributed by atoms with E-state index in [9.17, 15) is 4.79 Å². The quantitative estimate of drug-likeness (QED) is 0.838. The molecular weight excluding hydrogens is 268 g/mol. The van der Waals surface area contributed by atoms with E-state index in [2.05, 4.69) is 15.5 Å². The van der Waals surface area contributed by atoms with E-state index in [0.29, 0.717) is 12.3 Å². The molecule has 0 radical (unpaired) electrons. The summed E-state index contributed by atoms with van der Waals surface area (Å²) in [4.78, 5) is 13.5. The number of amides is 1. The number of carbonyl (C=O) groups is 1. The fraction of sp³-hybridized carbons (Fsp3) is 0.400. The molecule has 0 aliphatic heterocycles. The van der Waals surface area contributed by atoms with Gasteiger partial charge in [0.15, 0.2) is 6.61 Å². The van der Waals surface area contributed by atoms with Gasteiger partial charge in [0.25, 0.3) is 5.91 Å². The predicted molar refractivity (Wildman–Crippen MR) is 78.7 cm³/mol. The van der Waals surface area contributed by atoms with Gasteiger partial charge in [-0.25, -0.2) is 0 Å². The third-order valence-corrected chi connectivity index (χ3v) is 3.09. The lowest BCUT2D eigenvalue weighted by Crippen LogP contribution is -2.44. The van der Waals surface area contributed by atoms with E-state index in [0.717, 1.165) is 0 Å². The van der Waals surface area contributed by atoms with Gasteiger partial charge < -0.3 is 10.1 Å². The summed E-state index contributed by atoms with van der Waals surface area (Å²) >= 11 is 0. The molecule has 112 valence electrons. The smallest absolute Gasteiger partial charge is 0.258 e. The van der Waals surface area contributed by atoms with Crippen molar-refractivity contribution in [3.63, 3.8) is 0 Å². The van der Waals surface area contributed by atoms with Gasteiger partial charge in [-0.3, -0.25) is 4.79 Å². The number of ether oxygens (including phenoxy) is 1. The van der Waals surface area contributed by atoms with Crippen molar-refractivity contribution in [1.82, 2.24) is 20.3 Å². The number of rotatable bonds is 7. The molecule has 21 heavy (non-hydrogen) atoms. The molecule has 1 aromatic heterocycles. The second-order valence-electron chi connectivity index (χ2n) is 5.10. The molecule has 1 heterocycles. The van der Waals surface area contributed by atoms with E-state index < -0.39 is 0 Å². The molecule has 0 aliphatic carbocycles. The lowest BCUT2D eigenvalue weighted by Gasteiger charge is -2.21. The largest absolute Gasteiger partial charge is 0.484 e. The minimum absolute atomic E-state index is 0.000229. The highest BCUT2D eigenvalue weighted by Crippen LogP contribution is 2.08. The molecule has 1 unspecified atom stereocenters.